The lowest BCUT2D eigenvalue weighted by Crippen LogP contribution is -2.36. The molecule has 2 aliphatic rings. The number of hydrogen-bond acceptors (Lipinski definition) is 1. The normalized spacial score (nSPS) is 30.5. The topological polar surface area (TPSA) is 26.0 Å². The van der Waals surface area contributed by atoms with Gasteiger partial charge in [-0.05, 0) is 43.4 Å². The summed E-state index contributed by atoms with van der Waals surface area (Å²) in [6, 6.07) is 0.514. The van der Waals surface area contributed by atoms with E-state index < -0.39 is 0 Å². The van der Waals surface area contributed by atoms with Crippen molar-refractivity contribution in [2.24, 2.45) is 23.5 Å². The van der Waals surface area contributed by atoms with Gasteiger partial charge in [-0.3, -0.25) is 0 Å². The Morgan fingerprint density at radius 2 is 1.58 bits per heavy atom. The highest BCUT2D eigenvalue weighted by Crippen LogP contribution is 2.41. The minimum atomic E-state index is 0.514. The fourth-order valence-corrected chi connectivity index (χ4v) is 2.71. The van der Waals surface area contributed by atoms with E-state index in [4.69, 9.17) is 5.73 Å². The van der Waals surface area contributed by atoms with Gasteiger partial charge in [-0.2, -0.15) is 0 Å². The maximum absolute atomic E-state index is 6.26. The molecular formula is C11H21N. The zero-order valence-electron chi connectivity index (χ0n) is 8.13. The first kappa shape index (κ1) is 8.55. The molecule has 0 amide bonds. The monoisotopic (exact) mass is 167 g/mol. The summed E-state index contributed by atoms with van der Waals surface area (Å²) in [6.45, 7) is 2.36. The third kappa shape index (κ3) is 1.66. The van der Waals surface area contributed by atoms with Gasteiger partial charge in [0.25, 0.3) is 0 Å². The minimum Gasteiger partial charge on any atom is -0.327 e. The molecule has 2 unspecified atom stereocenters. The van der Waals surface area contributed by atoms with Crippen LogP contribution in [0.15, 0.2) is 0 Å². The van der Waals surface area contributed by atoms with Crippen LogP contribution in [0.5, 0.6) is 0 Å². The van der Waals surface area contributed by atoms with Crippen molar-refractivity contribution in [2.45, 2.75) is 51.5 Å². The molecule has 0 aromatic rings. The van der Waals surface area contributed by atoms with E-state index in [-0.39, 0.29) is 0 Å². The Labute approximate surface area is 75.7 Å². The third-order valence-corrected chi connectivity index (χ3v) is 3.92. The largest absolute Gasteiger partial charge is 0.327 e. The highest BCUT2D eigenvalue weighted by Gasteiger charge is 2.35. The van der Waals surface area contributed by atoms with Crippen LogP contribution >= 0.6 is 0 Å². The van der Waals surface area contributed by atoms with Crippen molar-refractivity contribution in [3.05, 3.63) is 0 Å². The Kier molecular flexibility index (Phi) is 2.40. The molecule has 2 saturated carbocycles. The van der Waals surface area contributed by atoms with Crippen molar-refractivity contribution in [1.82, 2.24) is 0 Å². The summed E-state index contributed by atoms with van der Waals surface area (Å²) in [7, 11) is 0. The van der Waals surface area contributed by atoms with Gasteiger partial charge in [-0.1, -0.05) is 19.8 Å². The first-order valence-electron chi connectivity index (χ1n) is 5.54. The molecule has 2 aliphatic carbocycles. The molecule has 2 N–H and O–H groups in total. The maximum Gasteiger partial charge on any atom is 0.00956 e. The average Bonchev–Trinajstić information content (AvgIpc) is 2.79. The van der Waals surface area contributed by atoms with Crippen LogP contribution < -0.4 is 5.73 Å². The Bertz CT molecular complexity index is 143. The van der Waals surface area contributed by atoms with Gasteiger partial charge < -0.3 is 5.73 Å². The van der Waals surface area contributed by atoms with Gasteiger partial charge >= 0.3 is 0 Å². The van der Waals surface area contributed by atoms with Gasteiger partial charge in [-0.25, -0.2) is 0 Å². The SMILES string of the molecule is CC(C1CC1)C(N)C1CCCC1. The van der Waals surface area contributed by atoms with Gasteiger partial charge in [0, 0.05) is 6.04 Å². The summed E-state index contributed by atoms with van der Waals surface area (Å²) in [5, 5.41) is 0. The summed E-state index contributed by atoms with van der Waals surface area (Å²) in [6.07, 6.45) is 8.55. The number of rotatable bonds is 3. The van der Waals surface area contributed by atoms with Crippen LogP contribution in [0.1, 0.15) is 45.4 Å². The van der Waals surface area contributed by atoms with Crippen molar-refractivity contribution in [1.29, 1.82) is 0 Å². The summed E-state index contributed by atoms with van der Waals surface area (Å²) >= 11 is 0. The molecule has 0 spiro atoms. The molecule has 0 bridgehead atoms. The zero-order valence-corrected chi connectivity index (χ0v) is 8.13. The molecule has 0 radical (unpaired) electrons. The first-order chi connectivity index (χ1) is 5.79. The smallest absolute Gasteiger partial charge is 0.00956 e. The summed E-state index contributed by atoms with van der Waals surface area (Å²) in [4.78, 5) is 0. The summed E-state index contributed by atoms with van der Waals surface area (Å²) in [5.41, 5.74) is 6.26. The van der Waals surface area contributed by atoms with Gasteiger partial charge in [0.15, 0.2) is 0 Å². The highest BCUT2D eigenvalue weighted by molar-refractivity contribution is 4.89. The van der Waals surface area contributed by atoms with Crippen molar-refractivity contribution < 1.29 is 0 Å². The van der Waals surface area contributed by atoms with E-state index in [0.717, 1.165) is 17.8 Å². The molecule has 0 aromatic heterocycles. The zero-order chi connectivity index (χ0) is 8.55. The fourth-order valence-electron chi connectivity index (χ4n) is 2.71. The van der Waals surface area contributed by atoms with Crippen LogP contribution in [-0.2, 0) is 0 Å². The second kappa shape index (κ2) is 3.37. The van der Waals surface area contributed by atoms with Crippen LogP contribution in [-0.4, -0.2) is 6.04 Å². The molecule has 2 fully saturated rings. The number of hydrogen-bond donors (Lipinski definition) is 1. The maximum atomic E-state index is 6.26. The molecule has 0 aromatic carbocycles. The lowest BCUT2D eigenvalue weighted by molar-refractivity contribution is 0.303. The Balaban J connectivity index is 1.84. The molecule has 2 rings (SSSR count). The van der Waals surface area contributed by atoms with Gasteiger partial charge in [0.2, 0.25) is 0 Å². The molecule has 12 heavy (non-hydrogen) atoms. The molecule has 0 heterocycles. The van der Waals surface area contributed by atoms with E-state index in [9.17, 15) is 0 Å². The number of nitrogens with two attached hydrogens (primary N) is 1. The summed E-state index contributed by atoms with van der Waals surface area (Å²) < 4.78 is 0. The predicted octanol–water partition coefficient (Wildman–Crippen LogP) is 2.55. The van der Waals surface area contributed by atoms with Gasteiger partial charge in [0.1, 0.15) is 0 Å². The molecule has 0 aliphatic heterocycles. The van der Waals surface area contributed by atoms with Crippen LogP contribution in [0.4, 0.5) is 0 Å². The van der Waals surface area contributed by atoms with E-state index in [2.05, 4.69) is 6.92 Å². The Morgan fingerprint density at radius 3 is 2.08 bits per heavy atom. The molecule has 2 atom stereocenters. The van der Waals surface area contributed by atoms with Crippen molar-refractivity contribution in [3.8, 4) is 0 Å². The predicted molar refractivity (Wildman–Crippen MR) is 51.8 cm³/mol. The quantitative estimate of drug-likeness (QED) is 0.687. The second-order valence-electron chi connectivity index (χ2n) is 4.82. The Hall–Kier alpha value is -0.0400. The Morgan fingerprint density at radius 1 is 1.00 bits per heavy atom. The first-order valence-corrected chi connectivity index (χ1v) is 5.54. The van der Waals surface area contributed by atoms with Crippen LogP contribution in [0.2, 0.25) is 0 Å². The van der Waals surface area contributed by atoms with Crippen molar-refractivity contribution in [2.75, 3.05) is 0 Å². The van der Waals surface area contributed by atoms with Crippen molar-refractivity contribution >= 4 is 0 Å². The molecule has 70 valence electrons. The van der Waals surface area contributed by atoms with E-state index in [1.54, 1.807) is 0 Å². The third-order valence-electron chi connectivity index (χ3n) is 3.92. The minimum absolute atomic E-state index is 0.514. The molecule has 1 heteroatoms. The standard InChI is InChI=1S/C11H21N/c1-8(9-6-7-9)11(12)10-4-2-3-5-10/h8-11H,2-7,12H2,1H3. The summed E-state index contributed by atoms with van der Waals surface area (Å²) in [5.74, 6) is 2.65. The van der Waals surface area contributed by atoms with Gasteiger partial charge in [0.05, 0.1) is 0 Å². The van der Waals surface area contributed by atoms with Crippen molar-refractivity contribution in [3.63, 3.8) is 0 Å². The lowest BCUT2D eigenvalue weighted by atomic mass is 9.86. The van der Waals surface area contributed by atoms with E-state index in [1.165, 1.54) is 38.5 Å². The van der Waals surface area contributed by atoms with E-state index >= 15 is 0 Å². The molecule has 1 nitrogen and oxygen atoms in total. The van der Waals surface area contributed by atoms with E-state index in [1.807, 2.05) is 0 Å². The van der Waals surface area contributed by atoms with Crippen LogP contribution in [0, 0.1) is 17.8 Å². The fraction of sp³-hybridized carbons (Fsp3) is 1.00. The van der Waals surface area contributed by atoms with Gasteiger partial charge in [-0.15, -0.1) is 0 Å². The molecule has 0 saturated heterocycles. The van der Waals surface area contributed by atoms with Crippen LogP contribution in [0.25, 0.3) is 0 Å². The van der Waals surface area contributed by atoms with Crippen LogP contribution in [0.3, 0.4) is 0 Å². The molecular weight excluding hydrogens is 146 g/mol. The second-order valence-corrected chi connectivity index (χ2v) is 4.82. The van der Waals surface area contributed by atoms with E-state index in [0.29, 0.717) is 6.04 Å². The average molecular weight is 167 g/mol. The highest BCUT2D eigenvalue weighted by atomic mass is 14.7. The lowest BCUT2D eigenvalue weighted by Gasteiger charge is -2.25.